The van der Waals surface area contributed by atoms with Crippen molar-refractivity contribution in [2.24, 2.45) is 0 Å². The molecule has 0 aliphatic carbocycles. The number of halogens is 1. The number of hydrogen-bond acceptors (Lipinski definition) is 0. The predicted octanol–water partition coefficient (Wildman–Crippen LogP) is 2.43. The molecule has 0 unspecified atom stereocenters. The van der Waals surface area contributed by atoms with Crippen LogP contribution in [-0.4, -0.2) is 5.33 Å². The Balaban J connectivity index is 0. The zero-order valence-corrected chi connectivity index (χ0v) is 5.67. The summed E-state index contributed by atoms with van der Waals surface area (Å²) >= 11 is 3.15. The van der Waals surface area contributed by atoms with E-state index in [-0.39, 0.29) is 0 Å². The summed E-state index contributed by atoms with van der Waals surface area (Å²) in [6, 6.07) is 0. The minimum absolute atomic E-state index is 1.06. The van der Waals surface area contributed by atoms with Gasteiger partial charge in [-0.25, -0.2) is 0 Å². The zero-order valence-electron chi connectivity index (χ0n) is 4.09. The van der Waals surface area contributed by atoms with E-state index >= 15 is 0 Å². The highest BCUT2D eigenvalue weighted by atomic mass is 79.9. The molecule has 0 atom stereocenters. The first-order chi connectivity index (χ1) is 2.41. The second-order valence-electron chi connectivity index (χ2n) is 0.267. The van der Waals surface area contributed by atoms with Gasteiger partial charge in [-0.2, -0.15) is 0 Å². The largest absolute Gasteiger partial charge is 0.0931 e. The molecule has 0 bridgehead atoms. The molecule has 0 saturated carbocycles. The molecule has 0 rings (SSSR count). The summed E-state index contributed by atoms with van der Waals surface area (Å²) in [7, 11) is 0. The Morgan fingerprint density at radius 1 is 1.40 bits per heavy atom. The summed E-state index contributed by atoms with van der Waals surface area (Å²) in [5, 5.41) is 1.06. The fourth-order valence-electron chi connectivity index (χ4n) is 0. The second-order valence-corrected chi connectivity index (χ2v) is 1.39. The Hall–Kier alpha value is 0.480. The third-order valence-corrected chi connectivity index (χ3v) is 0. The SMILES string of the molecule is CC.CCBr. The van der Waals surface area contributed by atoms with Crippen LogP contribution in [0.15, 0.2) is 0 Å². The average molecular weight is 139 g/mol. The number of hydrogen-bond donors (Lipinski definition) is 0. The fourth-order valence-corrected chi connectivity index (χ4v) is 0. The highest BCUT2D eigenvalue weighted by molar-refractivity contribution is 9.09. The maximum absolute atomic E-state index is 3.15. The summed E-state index contributed by atoms with van der Waals surface area (Å²) in [5.74, 6) is 0. The summed E-state index contributed by atoms with van der Waals surface area (Å²) in [4.78, 5) is 0. The third kappa shape index (κ3) is 120. The van der Waals surface area contributed by atoms with Crippen molar-refractivity contribution in [3.63, 3.8) is 0 Å². The molecule has 0 aromatic heterocycles. The summed E-state index contributed by atoms with van der Waals surface area (Å²) in [6.07, 6.45) is 0. The van der Waals surface area contributed by atoms with Gasteiger partial charge >= 0.3 is 0 Å². The number of rotatable bonds is 0. The standard InChI is InChI=1S/C2H5Br.C2H6/c1-2-3;1-2/h2H2,1H3;1-2H3. The van der Waals surface area contributed by atoms with E-state index in [2.05, 4.69) is 15.9 Å². The van der Waals surface area contributed by atoms with E-state index in [0.29, 0.717) is 0 Å². The molecule has 1 heteroatoms. The fraction of sp³-hybridized carbons (Fsp3) is 1.00. The van der Waals surface area contributed by atoms with Gasteiger partial charge in [-0.3, -0.25) is 0 Å². The van der Waals surface area contributed by atoms with Crippen LogP contribution in [0.4, 0.5) is 0 Å². The molecular weight excluding hydrogens is 128 g/mol. The van der Waals surface area contributed by atoms with Gasteiger partial charge in [-0.15, -0.1) is 0 Å². The Morgan fingerprint density at radius 2 is 1.40 bits per heavy atom. The topological polar surface area (TPSA) is 0 Å². The Labute approximate surface area is 42.7 Å². The van der Waals surface area contributed by atoms with E-state index in [4.69, 9.17) is 0 Å². The van der Waals surface area contributed by atoms with Crippen molar-refractivity contribution < 1.29 is 0 Å². The highest BCUT2D eigenvalue weighted by Gasteiger charge is 1.38. The molecule has 0 N–H and O–H groups in total. The molecule has 34 valence electrons. The van der Waals surface area contributed by atoms with Crippen molar-refractivity contribution in [2.45, 2.75) is 20.8 Å². The first-order valence-electron chi connectivity index (χ1n) is 1.97. The molecule has 0 spiro atoms. The lowest BCUT2D eigenvalue weighted by molar-refractivity contribution is 1.50. The maximum Gasteiger partial charge on any atom is 0.000281 e. The molecule has 0 aromatic carbocycles. The maximum atomic E-state index is 3.15. The van der Waals surface area contributed by atoms with Gasteiger partial charge in [0.25, 0.3) is 0 Å². The van der Waals surface area contributed by atoms with E-state index < -0.39 is 0 Å². The molecule has 5 heavy (non-hydrogen) atoms. The Bertz CT molecular complexity index is 3.61. The first-order valence-corrected chi connectivity index (χ1v) is 3.10. The zero-order chi connectivity index (χ0) is 4.71. The van der Waals surface area contributed by atoms with E-state index in [1.807, 2.05) is 20.8 Å². The van der Waals surface area contributed by atoms with Crippen molar-refractivity contribution in [2.75, 3.05) is 5.33 Å². The quantitative estimate of drug-likeness (QED) is 0.452. The van der Waals surface area contributed by atoms with Crippen molar-refractivity contribution in [3.05, 3.63) is 0 Å². The van der Waals surface area contributed by atoms with Crippen LogP contribution in [0.5, 0.6) is 0 Å². The molecule has 0 radical (unpaired) electrons. The lowest BCUT2D eigenvalue weighted by Crippen LogP contribution is -1.34. The van der Waals surface area contributed by atoms with Gasteiger partial charge in [0.2, 0.25) is 0 Å². The van der Waals surface area contributed by atoms with Crippen LogP contribution in [0.25, 0.3) is 0 Å². The van der Waals surface area contributed by atoms with Crippen LogP contribution in [0.2, 0.25) is 0 Å². The summed E-state index contributed by atoms with van der Waals surface area (Å²) in [5.41, 5.74) is 0. The van der Waals surface area contributed by atoms with Gasteiger partial charge in [0.15, 0.2) is 0 Å². The normalized spacial score (nSPS) is 4.80. The number of alkyl halides is 1. The van der Waals surface area contributed by atoms with Crippen LogP contribution in [0.3, 0.4) is 0 Å². The predicted molar refractivity (Wildman–Crippen MR) is 30.8 cm³/mol. The first kappa shape index (κ1) is 9.08. The molecule has 0 nitrogen and oxygen atoms in total. The van der Waals surface area contributed by atoms with Gasteiger partial charge < -0.3 is 0 Å². The van der Waals surface area contributed by atoms with Gasteiger partial charge in [-0.1, -0.05) is 36.7 Å². The average Bonchev–Trinajstić information content (AvgIpc) is 1.46. The van der Waals surface area contributed by atoms with Crippen LogP contribution in [0, 0.1) is 0 Å². The van der Waals surface area contributed by atoms with Crippen LogP contribution in [-0.2, 0) is 0 Å². The van der Waals surface area contributed by atoms with Gasteiger partial charge in [0, 0.05) is 5.33 Å². The monoisotopic (exact) mass is 138 g/mol. The Kier molecular flexibility index (Phi) is 45.0. The van der Waals surface area contributed by atoms with Crippen LogP contribution < -0.4 is 0 Å². The minimum Gasteiger partial charge on any atom is -0.0931 e. The molecule has 0 aliphatic rings. The highest BCUT2D eigenvalue weighted by Crippen LogP contribution is 1.67. The van der Waals surface area contributed by atoms with Crippen LogP contribution in [0.1, 0.15) is 20.8 Å². The molecule has 0 heterocycles. The third-order valence-electron chi connectivity index (χ3n) is 0. The van der Waals surface area contributed by atoms with E-state index in [1.165, 1.54) is 0 Å². The smallest absolute Gasteiger partial charge is 0.000281 e. The Morgan fingerprint density at radius 3 is 1.40 bits per heavy atom. The lowest BCUT2D eigenvalue weighted by atomic mass is 11.0. The molecule has 0 saturated heterocycles. The van der Waals surface area contributed by atoms with Gasteiger partial charge in [-0.05, 0) is 0 Å². The van der Waals surface area contributed by atoms with Crippen molar-refractivity contribution >= 4 is 15.9 Å². The second kappa shape index (κ2) is 24.8. The van der Waals surface area contributed by atoms with Crippen molar-refractivity contribution in [3.8, 4) is 0 Å². The lowest BCUT2D eigenvalue weighted by Gasteiger charge is -1.45. The van der Waals surface area contributed by atoms with E-state index in [0.717, 1.165) is 5.33 Å². The molecular formula is C4H11Br. The van der Waals surface area contributed by atoms with Crippen LogP contribution >= 0.6 is 15.9 Å². The van der Waals surface area contributed by atoms with Crippen molar-refractivity contribution in [1.82, 2.24) is 0 Å². The molecule has 0 fully saturated rings. The van der Waals surface area contributed by atoms with Gasteiger partial charge in [0.05, 0.1) is 0 Å². The minimum atomic E-state index is 1.06. The summed E-state index contributed by atoms with van der Waals surface area (Å²) in [6.45, 7) is 6.04. The summed E-state index contributed by atoms with van der Waals surface area (Å²) < 4.78 is 0. The van der Waals surface area contributed by atoms with Gasteiger partial charge in [0.1, 0.15) is 0 Å². The van der Waals surface area contributed by atoms with E-state index in [1.54, 1.807) is 0 Å². The molecule has 0 aromatic rings. The molecule has 0 aliphatic heterocycles. The van der Waals surface area contributed by atoms with E-state index in [9.17, 15) is 0 Å². The van der Waals surface area contributed by atoms with Crippen molar-refractivity contribution in [1.29, 1.82) is 0 Å². The molecule has 0 amide bonds.